The summed E-state index contributed by atoms with van der Waals surface area (Å²) in [6.45, 7) is 2.37. The van der Waals surface area contributed by atoms with E-state index in [1.54, 1.807) is 6.07 Å². The number of tetrazole rings is 1. The molecule has 0 amide bonds. The van der Waals surface area contributed by atoms with Gasteiger partial charge in [0, 0.05) is 6.07 Å². The number of hydrogen-bond donors (Lipinski definition) is 0. The Kier molecular flexibility index (Phi) is 4.41. The average Bonchev–Trinajstić information content (AvgIpc) is 2.93. The number of aromatic nitrogens is 4. The number of rotatable bonds is 6. The smallest absolute Gasteiger partial charge is 0.190 e. The fraction of sp³-hybridized carbons (Fsp3) is 0.417. The Labute approximate surface area is 122 Å². The fourth-order valence-electron chi connectivity index (χ4n) is 1.73. The lowest BCUT2D eigenvalue weighted by molar-refractivity contribution is 0.354. The van der Waals surface area contributed by atoms with Crippen LogP contribution in [0.25, 0.3) is 0 Å². The van der Waals surface area contributed by atoms with Gasteiger partial charge in [0.05, 0.1) is 25.7 Å². The van der Waals surface area contributed by atoms with Crippen molar-refractivity contribution in [2.24, 2.45) is 0 Å². The summed E-state index contributed by atoms with van der Waals surface area (Å²) >= 11 is 0. The Hall–Kier alpha value is -2.16. The number of sulfone groups is 1. The minimum absolute atomic E-state index is 0.119. The lowest BCUT2D eigenvalue weighted by Gasteiger charge is -2.09. The highest BCUT2D eigenvalue weighted by Gasteiger charge is 2.20. The van der Waals surface area contributed by atoms with E-state index in [-0.39, 0.29) is 16.5 Å². The standard InChI is InChI=1S/C12H16N4O4S/c1-4-16-14-12(13-15-16)8-21(17,18)9-5-6-10(19-2)11(7-9)20-3/h5-7H,4,8H2,1-3H3. The summed E-state index contributed by atoms with van der Waals surface area (Å²) in [7, 11) is -0.647. The molecule has 0 atom stereocenters. The van der Waals surface area contributed by atoms with Crippen molar-refractivity contribution in [2.45, 2.75) is 24.1 Å². The molecule has 8 nitrogen and oxygen atoms in total. The normalized spacial score (nSPS) is 11.4. The van der Waals surface area contributed by atoms with Gasteiger partial charge in [-0.05, 0) is 24.3 Å². The van der Waals surface area contributed by atoms with Crippen LogP contribution in [0.2, 0.25) is 0 Å². The first-order valence-electron chi connectivity index (χ1n) is 6.21. The molecule has 0 saturated heterocycles. The van der Waals surface area contributed by atoms with Gasteiger partial charge < -0.3 is 9.47 Å². The molecule has 2 rings (SSSR count). The van der Waals surface area contributed by atoms with E-state index in [2.05, 4.69) is 15.4 Å². The van der Waals surface area contributed by atoms with Gasteiger partial charge in [0.1, 0.15) is 5.75 Å². The van der Waals surface area contributed by atoms with Crippen LogP contribution in [0.5, 0.6) is 11.5 Å². The Morgan fingerprint density at radius 1 is 1.19 bits per heavy atom. The SMILES string of the molecule is CCn1nnc(CS(=O)(=O)c2ccc(OC)c(OC)c2)n1. The van der Waals surface area contributed by atoms with E-state index >= 15 is 0 Å². The van der Waals surface area contributed by atoms with Gasteiger partial charge in [-0.15, -0.1) is 10.2 Å². The second-order valence-corrected chi connectivity index (χ2v) is 6.16. The third-order valence-electron chi connectivity index (χ3n) is 2.81. The van der Waals surface area contributed by atoms with Gasteiger partial charge >= 0.3 is 0 Å². The van der Waals surface area contributed by atoms with Crippen LogP contribution >= 0.6 is 0 Å². The largest absolute Gasteiger partial charge is 0.493 e. The molecule has 9 heteroatoms. The molecule has 0 radical (unpaired) electrons. The molecule has 0 fully saturated rings. The van der Waals surface area contributed by atoms with Crippen LogP contribution in [0.4, 0.5) is 0 Å². The summed E-state index contributed by atoms with van der Waals surface area (Å²) in [4.78, 5) is 1.45. The highest BCUT2D eigenvalue weighted by Crippen LogP contribution is 2.30. The number of aryl methyl sites for hydroxylation is 1. The molecule has 114 valence electrons. The van der Waals surface area contributed by atoms with E-state index in [1.165, 1.54) is 31.1 Å². The molecule has 1 aromatic heterocycles. The third-order valence-corrected chi connectivity index (χ3v) is 4.42. The average molecular weight is 312 g/mol. The minimum Gasteiger partial charge on any atom is -0.493 e. The van der Waals surface area contributed by atoms with Gasteiger partial charge in [-0.3, -0.25) is 0 Å². The summed E-state index contributed by atoms with van der Waals surface area (Å²) in [5.41, 5.74) is 0. The molecule has 0 unspecified atom stereocenters. The predicted molar refractivity (Wildman–Crippen MR) is 73.9 cm³/mol. The first-order valence-corrected chi connectivity index (χ1v) is 7.87. The summed E-state index contributed by atoms with van der Waals surface area (Å²) in [5.74, 6) is 0.657. The first-order chi connectivity index (χ1) is 10.00. The van der Waals surface area contributed by atoms with Crippen molar-refractivity contribution < 1.29 is 17.9 Å². The van der Waals surface area contributed by atoms with Crippen LogP contribution in [0.15, 0.2) is 23.1 Å². The quantitative estimate of drug-likeness (QED) is 0.774. The molecule has 21 heavy (non-hydrogen) atoms. The zero-order chi connectivity index (χ0) is 15.5. The molecule has 0 N–H and O–H groups in total. The second-order valence-electron chi connectivity index (χ2n) is 4.17. The van der Waals surface area contributed by atoms with E-state index in [4.69, 9.17) is 9.47 Å². The van der Waals surface area contributed by atoms with E-state index in [9.17, 15) is 8.42 Å². The van der Waals surface area contributed by atoms with E-state index < -0.39 is 9.84 Å². The molecule has 0 aliphatic rings. The molecular formula is C12H16N4O4S. The topological polar surface area (TPSA) is 96.2 Å². The van der Waals surface area contributed by atoms with Crippen LogP contribution < -0.4 is 9.47 Å². The summed E-state index contributed by atoms with van der Waals surface area (Å²) < 4.78 is 34.9. The third kappa shape index (κ3) is 3.30. The van der Waals surface area contributed by atoms with Gasteiger partial charge in [-0.1, -0.05) is 0 Å². The van der Waals surface area contributed by atoms with Crippen molar-refractivity contribution in [2.75, 3.05) is 14.2 Å². The zero-order valence-corrected chi connectivity index (χ0v) is 12.8. The van der Waals surface area contributed by atoms with Gasteiger partial charge in [0.15, 0.2) is 27.2 Å². The Bertz CT molecular complexity index is 727. The number of benzene rings is 1. The van der Waals surface area contributed by atoms with Gasteiger partial charge in [-0.25, -0.2) is 8.42 Å². The van der Waals surface area contributed by atoms with Gasteiger partial charge in [0.25, 0.3) is 0 Å². The molecule has 2 aromatic rings. The molecule has 0 bridgehead atoms. The number of methoxy groups -OCH3 is 2. The summed E-state index contributed by atoms with van der Waals surface area (Å²) in [5, 5.41) is 11.4. The maximum atomic E-state index is 12.4. The predicted octanol–water partition coefficient (Wildman–Crippen LogP) is 0.684. The van der Waals surface area contributed by atoms with E-state index in [0.29, 0.717) is 18.0 Å². The van der Waals surface area contributed by atoms with Gasteiger partial charge in [0.2, 0.25) is 0 Å². The van der Waals surface area contributed by atoms with E-state index in [1.807, 2.05) is 6.92 Å². The van der Waals surface area contributed by atoms with Crippen molar-refractivity contribution in [1.29, 1.82) is 0 Å². The monoisotopic (exact) mass is 312 g/mol. The van der Waals surface area contributed by atoms with Crippen molar-refractivity contribution >= 4 is 9.84 Å². The van der Waals surface area contributed by atoms with E-state index in [0.717, 1.165) is 0 Å². The van der Waals surface area contributed by atoms with Crippen molar-refractivity contribution in [3.63, 3.8) is 0 Å². The van der Waals surface area contributed by atoms with Crippen LogP contribution in [0, 0.1) is 0 Å². The first kappa shape index (κ1) is 15.2. The minimum atomic E-state index is -3.58. The second kappa shape index (κ2) is 6.08. The number of nitrogens with zero attached hydrogens (tertiary/aromatic N) is 4. The van der Waals surface area contributed by atoms with Gasteiger partial charge in [-0.2, -0.15) is 4.80 Å². The summed E-state index contributed by atoms with van der Waals surface area (Å²) in [6, 6.07) is 4.42. The zero-order valence-electron chi connectivity index (χ0n) is 12.0. The molecule has 0 spiro atoms. The highest BCUT2D eigenvalue weighted by molar-refractivity contribution is 7.90. The maximum absolute atomic E-state index is 12.4. The Morgan fingerprint density at radius 3 is 2.48 bits per heavy atom. The van der Waals surface area contributed by atoms with Crippen LogP contribution in [0.3, 0.4) is 0 Å². The van der Waals surface area contributed by atoms with Crippen LogP contribution in [-0.4, -0.2) is 42.8 Å². The lowest BCUT2D eigenvalue weighted by atomic mass is 10.3. The maximum Gasteiger partial charge on any atom is 0.190 e. The van der Waals surface area contributed by atoms with Crippen LogP contribution in [0.1, 0.15) is 12.7 Å². The fourth-order valence-corrected chi connectivity index (χ4v) is 2.92. The number of ether oxygens (including phenoxy) is 2. The van der Waals surface area contributed by atoms with Crippen molar-refractivity contribution in [3.8, 4) is 11.5 Å². The highest BCUT2D eigenvalue weighted by atomic mass is 32.2. The summed E-state index contributed by atoms with van der Waals surface area (Å²) in [6.07, 6.45) is 0. The Morgan fingerprint density at radius 2 is 1.90 bits per heavy atom. The molecule has 0 saturated carbocycles. The van der Waals surface area contributed by atoms with Crippen molar-refractivity contribution in [1.82, 2.24) is 20.2 Å². The lowest BCUT2D eigenvalue weighted by Crippen LogP contribution is -2.07. The van der Waals surface area contributed by atoms with Crippen molar-refractivity contribution in [3.05, 3.63) is 24.0 Å². The number of hydrogen-bond acceptors (Lipinski definition) is 7. The molecule has 1 aromatic carbocycles. The van der Waals surface area contributed by atoms with Crippen LogP contribution in [-0.2, 0) is 22.1 Å². The molecule has 0 aliphatic carbocycles. The molecular weight excluding hydrogens is 296 g/mol. The molecule has 1 heterocycles. The molecule has 0 aliphatic heterocycles. The Balaban J connectivity index is 2.30.